The lowest BCUT2D eigenvalue weighted by Crippen LogP contribution is -2.42. The van der Waals surface area contributed by atoms with Crippen molar-refractivity contribution in [3.8, 4) is 0 Å². The molecule has 7 nitrogen and oxygen atoms in total. The summed E-state index contributed by atoms with van der Waals surface area (Å²) in [6.45, 7) is 5.03. The highest BCUT2D eigenvalue weighted by Gasteiger charge is 2.09. The van der Waals surface area contributed by atoms with Crippen LogP contribution in [0.5, 0.6) is 0 Å². The van der Waals surface area contributed by atoms with Crippen molar-refractivity contribution in [1.82, 2.24) is 15.5 Å². The molecule has 1 heterocycles. The highest BCUT2D eigenvalue weighted by Crippen LogP contribution is 2.10. The number of halogens is 1. The Hall–Kier alpha value is -1.55. The van der Waals surface area contributed by atoms with E-state index in [0.717, 1.165) is 24.6 Å². The quantitative estimate of drug-likeness (QED) is 0.335. The molecule has 26 heavy (non-hydrogen) atoms. The number of hydrogen-bond donors (Lipinski definition) is 3. The molecular weight excluding hydrogens is 445 g/mol. The van der Waals surface area contributed by atoms with E-state index >= 15 is 0 Å². The van der Waals surface area contributed by atoms with Crippen LogP contribution in [0.15, 0.2) is 29.3 Å². The molecule has 0 saturated carbocycles. The number of rotatable bonds is 6. The Morgan fingerprint density at radius 1 is 1.15 bits per heavy atom. The van der Waals surface area contributed by atoms with Gasteiger partial charge in [-0.05, 0) is 43.6 Å². The second-order valence-electron chi connectivity index (χ2n) is 6.07. The first-order valence-corrected chi connectivity index (χ1v) is 8.82. The number of carbonyl (C=O) groups excluding carboxylic acids is 1. The number of guanidine groups is 1. The van der Waals surface area contributed by atoms with Gasteiger partial charge in [-0.15, -0.1) is 24.0 Å². The number of likely N-dealkylation sites (tertiary alicyclic amines) is 1. The molecule has 1 fully saturated rings. The van der Waals surface area contributed by atoms with Gasteiger partial charge in [0, 0.05) is 32.4 Å². The van der Waals surface area contributed by atoms with E-state index in [1.165, 1.54) is 39.5 Å². The minimum absolute atomic E-state index is 0. The first-order valence-electron chi connectivity index (χ1n) is 8.82. The Morgan fingerprint density at radius 3 is 2.46 bits per heavy atom. The molecule has 1 aromatic carbocycles. The number of nitrogens with zero attached hydrogens (tertiary/aromatic N) is 2. The highest BCUT2D eigenvalue weighted by atomic mass is 127. The Kier molecular flexibility index (Phi) is 11.0. The van der Waals surface area contributed by atoms with Crippen LogP contribution < -0.4 is 16.0 Å². The standard InChI is InChI=1S/C18H29N5O2.HI/c1-19-17(20-10-13-23-11-4-3-5-12-23)21-14-15-6-8-16(9-7-15)22-18(24)25-2;/h6-9H,3-5,10-14H2,1-2H3,(H,22,24)(H2,19,20,21);1H. The number of piperidine rings is 1. The predicted octanol–water partition coefficient (Wildman–Crippen LogP) is 2.63. The summed E-state index contributed by atoms with van der Waals surface area (Å²) < 4.78 is 4.57. The molecule has 3 N–H and O–H groups in total. The fourth-order valence-electron chi connectivity index (χ4n) is 2.80. The Morgan fingerprint density at radius 2 is 1.85 bits per heavy atom. The first-order chi connectivity index (χ1) is 12.2. The molecule has 8 heteroatoms. The minimum atomic E-state index is -0.468. The average Bonchev–Trinajstić information content (AvgIpc) is 2.66. The van der Waals surface area contributed by atoms with Gasteiger partial charge in [-0.25, -0.2) is 4.79 Å². The number of aliphatic imine (C=N–C) groups is 1. The lowest BCUT2D eigenvalue weighted by Gasteiger charge is -2.26. The third-order valence-electron chi connectivity index (χ3n) is 4.24. The Balaban J connectivity index is 0.00000338. The molecule has 1 aliphatic rings. The number of amides is 1. The van der Waals surface area contributed by atoms with E-state index in [9.17, 15) is 4.79 Å². The third-order valence-corrected chi connectivity index (χ3v) is 4.24. The zero-order valence-corrected chi connectivity index (χ0v) is 17.9. The summed E-state index contributed by atoms with van der Waals surface area (Å²) in [4.78, 5) is 17.9. The zero-order chi connectivity index (χ0) is 17.9. The normalized spacial score (nSPS) is 14.9. The fourth-order valence-corrected chi connectivity index (χ4v) is 2.80. The molecule has 0 bridgehead atoms. The molecule has 1 aromatic rings. The van der Waals surface area contributed by atoms with Crippen LogP contribution in [0.4, 0.5) is 10.5 Å². The minimum Gasteiger partial charge on any atom is -0.453 e. The summed E-state index contributed by atoms with van der Waals surface area (Å²) in [6, 6.07) is 7.61. The molecule has 0 aliphatic carbocycles. The van der Waals surface area contributed by atoms with Crippen molar-refractivity contribution in [3.05, 3.63) is 29.8 Å². The first kappa shape index (κ1) is 22.5. The predicted molar refractivity (Wildman–Crippen MR) is 116 cm³/mol. The van der Waals surface area contributed by atoms with Gasteiger partial charge in [-0.3, -0.25) is 10.3 Å². The smallest absolute Gasteiger partial charge is 0.411 e. The molecule has 2 rings (SSSR count). The van der Waals surface area contributed by atoms with Crippen LogP contribution in [-0.4, -0.2) is 57.3 Å². The molecular formula is C18H30IN5O2. The van der Waals surface area contributed by atoms with E-state index in [-0.39, 0.29) is 24.0 Å². The summed E-state index contributed by atoms with van der Waals surface area (Å²) >= 11 is 0. The van der Waals surface area contributed by atoms with E-state index in [1.807, 2.05) is 24.3 Å². The van der Waals surface area contributed by atoms with Crippen LogP contribution in [0.25, 0.3) is 0 Å². The Bertz CT molecular complexity index is 559. The van der Waals surface area contributed by atoms with Crippen molar-refractivity contribution in [1.29, 1.82) is 0 Å². The van der Waals surface area contributed by atoms with Crippen molar-refractivity contribution in [2.45, 2.75) is 25.8 Å². The number of ether oxygens (including phenoxy) is 1. The molecule has 1 saturated heterocycles. The molecule has 0 spiro atoms. The number of methoxy groups -OCH3 is 1. The maximum atomic E-state index is 11.2. The third kappa shape index (κ3) is 8.22. The summed E-state index contributed by atoms with van der Waals surface area (Å²) in [5, 5.41) is 9.29. The maximum Gasteiger partial charge on any atom is 0.411 e. The van der Waals surface area contributed by atoms with Crippen LogP contribution in [0.1, 0.15) is 24.8 Å². The lowest BCUT2D eigenvalue weighted by molar-refractivity contribution is 0.187. The molecule has 0 aromatic heterocycles. The summed E-state index contributed by atoms with van der Waals surface area (Å²) in [5.74, 6) is 0.800. The highest BCUT2D eigenvalue weighted by molar-refractivity contribution is 14.0. The SMILES string of the molecule is CN=C(NCCN1CCCCC1)NCc1ccc(NC(=O)OC)cc1.I. The molecule has 0 unspecified atom stereocenters. The van der Waals surface area contributed by atoms with Gasteiger partial charge >= 0.3 is 6.09 Å². The van der Waals surface area contributed by atoms with Gasteiger partial charge in [0.1, 0.15) is 0 Å². The average molecular weight is 475 g/mol. The Labute approximate surface area is 173 Å². The summed E-state index contributed by atoms with van der Waals surface area (Å²) in [6.07, 6.45) is 3.52. The van der Waals surface area contributed by atoms with Crippen molar-refractivity contribution >= 4 is 41.7 Å². The maximum absolute atomic E-state index is 11.2. The van der Waals surface area contributed by atoms with Crippen LogP contribution in [0, 0.1) is 0 Å². The van der Waals surface area contributed by atoms with Crippen LogP contribution in [0.3, 0.4) is 0 Å². The zero-order valence-electron chi connectivity index (χ0n) is 15.6. The topological polar surface area (TPSA) is 78.0 Å². The van der Waals surface area contributed by atoms with Crippen LogP contribution in [0.2, 0.25) is 0 Å². The largest absolute Gasteiger partial charge is 0.453 e. The van der Waals surface area contributed by atoms with Crippen molar-refractivity contribution < 1.29 is 9.53 Å². The fraction of sp³-hybridized carbons (Fsp3) is 0.556. The van der Waals surface area contributed by atoms with E-state index < -0.39 is 6.09 Å². The van der Waals surface area contributed by atoms with Gasteiger partial charge in [-0.1, -0.05) is 18.6 Å². The van der Waals surface area contributed by atoms with Gasteiger partial charge in [0.2, 0.25) is 0 Å². The second kappa shape index (κ2) is 12.7. The van der Waals surface area contributed by atoms with E-state index in [0.29, 0.717) is 12.2 Å². The van der Waals surface area contributed by atoms with Gasteiger partial charge < -0.3 is 20.3 Å². The van der Waals surface area contributed by atoms with Crippen molar-refractivity contribution in [2.75, 3.05) is 45.7 Å². The van der Waals surface area contributed by atoms with Gasteiger partial charge in [0.25, 0.3) is 0 Å². The monoisotopic (exact) mass is 475 g/mol. The molecule has 0 radical (unpaired) electrons. The van der Waals surface area contributed by atoms with Gasteiger partial charge in [0.05, 0.1) is 7.11 Å². The molecule has 1 amide bonds. The number of anilines is 1. The lowest BCUT2D eigenvalue weighted by atomic mass is 10.1. The number of nitrogens with one attached hydrogen (secondary N) is 3. The number of hydrogen-bond acceptors (Lipinski definition) is 4. The number of carbonyl (C=O) groups is 1. The van der Waals surface area contributed by atoms with Crippen molar-refractivity contribution in [2.24, 2.45) is 4.99 Å². The van der Waals surface area contributed by atoms with Gasteiger partial charge in [0.15, 0.2) is 5.96 Å². The van der Waals surface area contributed by atoms with Crippen LogP contribution >= 0.6 is 24.0 Å². The van der Waals surface area contributed by atoms with E-state index in [1.54, 1.807) is 7.05 Å². The second-order valence-corrected chi connectivity index (χ2v) is 6.07. The van der Waals surface area contributed by atoms with E-state index in [2.05, 4.69) is 30.6 Å². The summed E-state index contributed by atoms with van der Waals surface area (Å²) in [7, 11) is 3.12. The van der Waals surface area contributed by atoms with E-state index in [4.69, 9.17) is 0 Å². The molecule has 0 atom stereocenters. The van der Waals surface area contributed by atoms with Crippen molar-refractivity contribution in [3.63, 3.8) is 0 Å². The summed E-state index contributed by atoms with van der Waals surface area (Å²) in [5.41, 5.74) is 1.81. The molecule has 1 aliphatic heterocycles. The molecule has 146 valence electrons. The van der Waals surface area contributed by atoms with Gasteiger partial charge in [-0.2, -0.15) is 0 Å². The number of benzene rings is 1. The van der Waals surface area contributed by atoms with Crippen LogP contribution in [-0.2, 0) is 11.3 Å².